The molecule has 0 N–H and O–H groups in total. The lowest BCUT2D eigenvalue weighted by Gasteiger charge is -2.40. The first-order valence-electron chi connectivity index (χ1n) is 7.92. The molecule has 0 atom stereocenters. The lowest BCUT2D eigenvalue weighted by atomic mass is 9.64. The fourth-order valence-electron chi connectivity index (χ4n) is 3.72. The molecule has 0 heterocycles. The van der Waals surface area contributed by atoms with Gasteiger partial charge in [0.15, 0.2) is 0 Å². The van der Waals surface area contributed by atoms with Gasteiger partial charge in [0.1, 0.15) is 0 Å². The Labute approximate surface area is 128 Å². The van der Waals surface area contributed by atoms with E-state index in [1.54, 1.807) is 0 Å². The Balaban J connectivity index is 2.13. The average Bonchev–Trinajstić information content (AvgIpc) is 2.50. The summed E-state index contributed by atoms with van der Waals surface area (Å²) >= 11 is 4.66. The van der Waals surface area contributed by atoms with Crippen LogP contribution in [0, 0.1) is 5.92 Å². The van der Waals surface area contributed by atoms with E-state index in [0.717, 1.165) is 11.6 Å². The minimum absolute atomic E-state index is 0.393. The Kier molecular flexibility index (Phi) is 5.51. The minimum atomic E-state index is 0.393. The molecule has 1 aliphatic carbocycles. The van der Waals surface area contributed by atoms with Gasteiger partial charge in [0, 0.05) is 0 Å². The predicted octanol–water partition coefficient (Wildman–Crippen LogP) is 6.06. The molecule has 1 saturated carbocycles. The summed E-state index contributed by atoms with van der Waals surface area (Å²) in [4.78, 5) is 4.04. The molecule has 0 radical (unpaired) electrons. The van der Waals surface area contributed by atoms with Gasteiger partial charge >= 0.3 is 0 Å². The van der Waals surface area contributed by atoms with Crippen LogP contribution in [0.3, 0.4) is 0 Å². The fraction of sp³-hybridized carbons (Fsp3) is 0.611. The number of hydrogen-bond donors (Lipinski definition) is 0. The SMILES string of the molecule is CCC[C@H]1CC[C@@](CC)(c2ccc(N=C=S)cc2)CC1. The Bertz CT molecular complexity index is 463. The largest absolute Gasteiger partial charge is 0.195 e. The number of nitrogens with zero attached hydrogens (tertiary/aromatic N) is 1. The molecule has 1 aromatic carbocycles. The third kappa shape index (κ3) is 3.37. The molecule has 1 aliphatic rings. The Hall–Kier alpha value is -0.980. The van der Waals surface area contributed by atoms with Crippen molar-refractivity contribution in [3.63, 3.8) is 0 Å². The van der Waals surface area contributed by atoms with Crippen LogP contribution in [0.25, 0.3) is 0 Å². The lowest BCUT2D eigenvalue weighted by Crippen LogP contribution is -2.31. The van der Waals surface area contributed by atoms with Crippen LogP contribution in [0.5, 0.6) is 0 Å². The summed E-state index contributed by atoms with van der Waals surface area (Å²) in [5.74, 6) is 0.957. The molecule has 0 bridgehead atoms. The summed E-state index contributed by atoms with van der Waals surface area (Å²) in [5.41, 5.74) is 2.79. The third-order valence-electron chi connectivity index (χ3n) is 5.09. The van der Waals surface area contributed by atoms with E-state index in [1.165, 1.54) is 50.5 Å². The number of isothiocyanates is 1. The second-order valence-corrected chi connectivity index (χ2v) is 6.30. The number of aliphatic imine (C=N–C) groups is 1. The molecule has 0 spiro atoms. The van der Waals surface area contributed by atoms with Gasteiger partial charge in [0.25, 0.3) is 0 Å². The summed E-state index contributed by atoms with van der Waals surface area (Å²) in [5, 5.41) is 2.43. The van der Waals surface area contributed by atoms with Gasteiger partial charge in [-0.2, -0.15) is 4.99 Å². The maximum Gasteiger partial charge on any atom is 0.0739 e. The van der Waals surface area contributed by atoms with Crippen LogP contribution in [0.2, 0.25) is 0 Å². The quantitative estimate of drug-likeness (QED) is 0.473. The average molecular weight is 287 g/mol. The highest BCUT2D eigenvalue weighted by Crippen LogP contribution is 2.45. The van der Waals surface area contributed by atoms with Crippen molar-refractivity contribution in [2.45, 2.75) is 64.2 Å². The summed E-state index contributed by atoms with van der Waals surface area (Å²) in [6.07, 6.45) is 9.43. The number of hydrogen-bond acceptors (Lipinski definition) is 2. The van der Waals surface area contributed by atoms with Crippen LogP contribution >= 0.6 is 12.2 Å². The van der Waals surface area contributed by atoms with E-state index in [9.17, 15) is 0 Å². The molecule has 0 saturated heterocycles. The molecule has 0 aliphatic heterocycles. The van der Waals surface area contributed by atoms with E-state index in [0.29, 0.717) is 5.41 Å². The number of benzene rings is 1. The van der Waals surface area contributed by atoms with E-state index < -0.39 is 0 Å². The van der Waals surface area contributed by atoms with Gasteiger partial charge in [0.05, 0.1) is 10.8 Å². The van der Waals surface area contributed by atoms with Crippen molar-refractivity contribution in [1.29, 1.82) is 0 Å². The summed E-state index contributed by atoms with van der Waals surface area (Å²) in [6, 6.07) is 8.64. The first-order chi connectivity index (χ1) is 9.74. The maximum atomic E-state index is 4.66. The van der Waals surface area contributed by atoms with Crippen LogP contribution in [-0.2, 0) is 5.41 Å². The Morgan fingerprint density at radius 3 is 2.35 bits per heavy atom. The maximum absolute atomic E-state index is 4.66. The van der Waals surface area contributed by atoms with Gasteiger partial charge in [-0.05, 0) is 73.4 Å². The van der Waals surface area contributed by atoms with Gasteiger partial charge < -0.3 is 0 Å². The van der Waals surface area contributed by atoms with Crippen LogP contribution in [0.1, 0.15) is 64.4 Å². The van der Waals surface area contributed by atoms with Crippen LogP contribution < -0.4 is 0 Å². The van der Waals surface area contributed by atoms with E-state index in [4.69, 9.17) is 0 Å². The fourth-order valence-corrected chi connectivity index (χ4v) is 3.82. The van der Waals surface area contributed by atoms with Crippen molar-refractivity contribution in [2.75, 3.05) is 0 Å². The summed E-state index contributed by atoms with van der Waals surface area (Å²) in [7, 11) is 0. The van der Waals surface area contributed by atoms with E-state index in [2.05, 4.69) is 60.5 Å². The molecule has 1 nitrogen and oxygen atoms in total. The van der Waals surface area contributed by atoms with Gasteiger partial charge in [-0.1, -0.05) is 38.8 Å². The first-order valence-corrected chi connectivity index (χ1v) is 8.33. The van der Waals surface area contributed by atoms with Crippen molar-refractivity contribution in [1.82, 2.24) is 0 Å². The van der Waals surface area contributed by atoms with Crippen LogP contribution in [0.4, 0.5) is 5.69 Å². The van der Waals surface area contributed by atoms with Crippen molar-refractivity contribution in [3.05, 3.63) is 29.8 Å². The second kappa shape index (κ2) is 7.15. The van der Waals surface area contributed by atoms with Gasteiger partial charge in [-0.15, -0.1) is 0 Å². The van der Waals surface area contributed by atoms with Gasteiger partial charge in [-0.25, -0.2) is 0 Å². The van der Waals surface area contributed by atoms with Crippen molar-refractivity contribution in [3.8, 4) is 0 Å². The minimum Gasteiger partial charge on any atom is -0.195 e. The summed E-state index contributed by atoms with van der Waals surface area (Å²) in [6.45, 7) is 4.64. The Morgan fingerprint density at radius 1 is 1.20 bits per heavy atom. The van der Waals surface area contributed by atoms with E-state index in [-0.39, 0.29) is 0 Å². The highest BCUT2D eigenvalue weighted by atomic mass is 32.1. The topological polar surface area (TPSA) is 12.4 Å². The molecule has 0 unspecified atom stereocenters. The molecule has 0 aromatic heterocycles. The van der Waals surface area contributed by atoms with Gasteiger partial charge in [-0.3, -0.25) is 0 Å². The van der Waals surface area contributed by atoms with Crippen molar-refractivity contribution < 1.29 is 0 Å². The van der Waals surface area contributed by atoms with Crippen LogP contribution in [-0.4, -0.2) is 5.16 Å². The summed E-state index contributed by atoms with van der Waals surface area (Å²) < 4.78 is 0. The molecular formula is C18H25NS. The second-order valence-electron chi connectivity index (χ2n) is 6.12. The lowest BCUT2D eigenvalue weighted by molar-refractivity contribution is 0.215. The van der Waals surface area contributed by atoms with E-state index >= 15 is 0 Å². The molecule has 2 rings (SSSR count). The first kappa shape index (κ1) is 15.4. The number of thiocarbonyl (C=S) groups is 1. The van der Waals surface area contributed by atoms with Crippen LogP contribution in [0.15, 0.2) is 29.3 Å². The molecule has 1 aromatic rings. The normalized spacial score (nSPS) is 26.0. The molecular weight excluding hydrogens is 262 g/mol. The zero-order valence-electron chi connectivity index (χ0n) is 12.7. The predicted molar refractivity (Wildman–Crippen MR) is 90.0 cm³/mol. The van der Waals surface area contributed by atoms with Crippen molar-refractivity contribution >= 4 is 23.1 Å². The third-order valence-corrected chi connectivity index (χ3v) is 5.18. The standard InChI is InChI=1S/C18H25NS/c1-3-5-15-10-12-18(4-2,13-11-15)16-6-8-17(9-7-16)19-14-20/h6-9,15H,3-5,10-13H2,1-2H3/t15-,18+. The smallest absolute Gasteiger partial charge is 0.0739 e. The molecule has 108 valence electrons. The highest BCUT2D eigenvalue weighted by Gasteiger charge is 2.34. The monoisotopic (exact) mass is 287 g/mol. The number of rotatable bonds is 5. The zero-order valence-corrected chi connectivity index (χ0v) is 13.5. The van der Waals surface area contributed by atoms with E-state index in [1.807, 2.05) is 0 Å². The van der Waals surface area contributed by atoms with Gasteiger partial charge in [0.2, 0.25) is 0 Å². The Morgan fingerprint density at radius 2 is 1.85 bits per heavy atom. The molecule has 1 fully saturated rings. The molecule has 2 heteroatoms. The highest BCUT2D eigenvalue weighted by molar-refractivity contribution is 7.78. The molecule has 20 heavy (non-hydrogen) atoms. The zero-order chi connectivity index (χ0) is 14.4. The molecule has 0 amide bonds. The van der Waals surface area contributed by atoms with Crippen molar-refractivity contribution in [2.24, 2.45) is 10.9 Å².